The number of halogens is 1. The molecule has 0 N–H and O–H groups in total. The Bertz CT molecular complexity index is 761. The number of methoxy groups -OCH3 is 1. The molecular formula is C16H13ClN2O3. The zero-order valence-corrected chi connectivity index (χ0v) is 12.6. The van der Waals surface area contributed by atoms with E-state index < -0.39 is 0 Å². The van der Waals surface area contributed by atoms with Crippen molar-refractivity contribution in [3.8, 4) is 0 Å². The van der Waals surface area contributed by atoms with Crippen LogP contribution in [0.1, 0.15) is 26.3 Å². The van der Waals surface area contributed by atoms with Gasteiger partial charge in [-0.2, -0.15) is 0 Å². The monoisotopic (exact) mass is 316 g/mol. The van der Waals surface area contributed by atoms with E-state index in [9.17, 15) is 9.59 Å². The number of carbonyl (C=O) groups excluding carboxylic acids is 2. The number of pyridine rings is 1. The number of ether oxygens (including phenoxy) is 1. The van der Waals surface area contributed by atoms with Gasteiger partial charge < -0.3 is 9.64 Å². The number of aromatic nitrogens is 1. The van der Waals surface area contributed by atoms with Crippen molar-refractivity contribution >= 4 is 29.2 Å². The fraction of sp³-hybridized carbons (Fsp3) is 0.188. The molecule has 3 rings (SSSR count). The summed E-state index contributed by atoms with van der Waals surface area (Å²) in [5, 5.41) is 0.284. The number of esters is 1. The Labute approximate surface area is 132 Å². The second-order valence-corrected chi connectivity index (χ2v) is 5.30. The van der Waals surface area contributed by atoms with E-state index in [-0.39, 0.29) is 17.0 Å². The van der Waals surface area contributed by atoms with Crippen LogP contribution in [-0.4, -0.2) is 30.5 Å². The number of nitrogens with zero attached hydrogens (tertiary/aromatic N) is 2. The minimum atomic E-state index is -0.381. The number of amides is 1. The zero-order valence-electron chi connectivity index (χ0n) is 11.9. The maximum absolute atomic E-state index is 12.6. The number of carbonyl (C=O) groups is 2. The Hall–Kier alpha value is -2.40. The minimum Gasteiger partial charge on any atom is -0.465 e. The Balaban J connectivity index is 1.91. The van der Waals surface area contributed by atoms with Gasteiger partial charge in [0.1, 0.15) is 5.15 Å². The number of hydrogen-bond donors (Lipinski definition) is 0. The van der Waals surface area contributed by atoms with E-state index in [1.165, 1.54) is 13.3 Å². The molecule has 1 amide bonds. The molecule has 1 aromatic carbocycles. The van der Waals surface area contributed by atoms with Gasteiger partial charge in [0, 0.05) is 24.0 Å². The van der Waals surface area contributed by atoms with E-state index in [1.54, 1.807) is 35.2 Å². The van der Waals surface area contributed by atoms with Gasteiger partial charge in [-0.05, 0) is 42.3 Å². The molecule has 0 aliphatic carbocycles. The van der Waals surface area contributed by atoms with Crippen molar-refractivity contribution in [1.82, 2.24) is 4.98 Å². The lowest BCUT2D eigenvalue weighted by atomic mass is 10.1. The number of anilines is 1. The molecule has 0 bridgehead atoms. The third kappa shape index (κ3) is 2.55. The van der Waals surface area contributed by atoms with Crippen molar-refractivity contribution in [2.45, 2.75) is 6.42 Å². The zero-order chi connectivity index (χ0) is 15.7. The lowest BCUT2D eigenvalue weighted by molar-refractivity contribution is 0.0600. The standard InChI is InChI=1S/C16H13ClN2O3/c1-22-16(21)12-2-3-13-10(8-12)5-7-19(13)15(20)11-4-6-18-14(17)9-11/h2-4,6,8-9H,5,7H2,1H3. The van der Waals surface area contributed by atoms with Crippen LogP contribution in [0.3, 0.4) is 0 Å². The van der Waals surface area contributed by atoms with Crippen molar-refractivity contribution in [1.29, 1.82) is 0 Å². The molecule has 0 radical (unpaired) electrons. The Kier molecular flexibility index (Phi) is 3.81. The molecule has 1 aromatic heterocycles. The summed E-state index contributed by atoms with van der Waals surface area (Å²) < 4.78 is 4.71. The number of rotatable bonds is 2. The summed E-state index contributed by atoms with van der Waals surface area (Å²) in [5.74, 6) is -0.512. The van der Waals surface area contributed by atoms with Crippen LogP contribution in [0, 0.1) is 0 Å². The molecule has 6 heteroatoms. The van der Waals surface area contributed by atoms with Crippen LogP contribution in [0.4, 0.5) is 5.69 Å². The highest BCUT2D eigenvalue weighted by atomic mass is 35.5. The van der Waals surface area contributed by atoms with Crippen molar-refractivity contribution in [2.75, 3.05) is 18.6 Å². The Morgan fingerprint density at radius 1 is 1.23 bits per heavy atom. The van der Waals surface area contributed by atoms with Gasteiger partial charge in [0.25, 0.3) is 5.91 Å². The third-order valence-electron chi connectivity index (χ3n) is 3.61. The molecule has 5 nitrogen and oxygen atoms in total. The average molecular weight is 317 g/mol. The van der Waals surface area contributed by atoms with Gasteiger partial charge in [-0.3, -0.25) is 4.79 Å². The van der Waals surface area contributed by atoms with Crippen molar-refractivity contribution < 1.29 is 14.3 Å². The van der Waals surface area contributed by atoms with E-state index in [4.69, 9.17) is 16.3 Å². The first-order valence-electron chi connectivity index (χ1n) is 6.75. The lowest BCUT2D eigenvalue weighted by Crippen LogP contribution is -2.28. The van der Waals surface area contributed by atoms with Crippen LogP contribution in [0.5, 0.6) is 0 Å². The SMILES string of the molecule is COC(=O)c1ccc2c(c1)CCN2C(=O)c1ccnc(Cl)c1. The average Bonchev–Trinajstić information content (AvgIpc) is 2.96. The van der Waals surface area contributed by atoms with Crippen molar-refractivity contribution in [3.63, 3.8) is 0 Å². The summed E-state index contributed by atoms with van der Waals surface area (Å²) in [7, 11) is 1.35. The lowest BCUT2D eigenvalue weighted by Gasteiger charge is -2.17. The molecule has 0 unspecified atom stereocenters. The number of benzene rings is 1. The maximum Gasteiger partial charge on any atom is 0.337 e. The third-order valence-corrected chi connectivity index (χ3v) is 3.82. The molecule has 0 spiro atoms. The minimum absolute atomic E-state index is 0.131. The predicted molar refractivity (Wildman–Crippen MR) is 82.4 cm³/mol. The number of fused-ring (bicyclic) bond motifs is 1. The molecule has 1 aliphatic rings. The normalized spacial score (nSPS) is 12.9. The highest BCUT2D eigenvalue weighted by Crippen LogP contribution is 2.30. The largest absolute Gasteiger partial charge is 0.465 e. The molecule has 0 saturated carbocycles. The van der Waals surface area contributed by atoms with Crippen LogP contribution in [0.2, 0.25) is 5.15 Å². The molecule has 112 valence electrons. The van der Waals surface area contributed by atoms with Gasteiger partial charge in [0.05, 0.1) is 12.7 Å². The van der Waals surface area contributed by atoms with Crippen LogP contribution >= 0.6 is 11.6 Å². The summed E-state index contributed by atoms with van der Waals surface area (Å²) >= 11 is 5.83. The predicted octanol–water partition coefficient (Wildman–Crippen LogP) is 2.72. The quantitative estimate of drug-likeness (QED) is 0.631. The van der Waals surface area contributed by atoms with Crippen LogP contribution in [-0.2, 0) is 11.2 Å². The van der Waals surface area contributed by atoms with E-state index in [0.717, 1.165) is 11.3 Å². The van der Waals surface area contributed by atoms with Gasteiger partial charge >= 0.3 is 5.97 Å². The fourth-order valence-corrected chi connectivity index (χ4v) is 2.72. The molecular weight excluding hydrogens is 304 g/mol. The van der Waals surface area contributed by atoms with Gasteiger partial charge in [0.15, 0.2) is 0 Å². The Morgan fingerprint density at radius 3 is 2.77 bits per heavy atom. The molecule has 0 fully saturated rings. The molecule has 0 saturated heterocycles. The van der Waals surface area contributed by atoms with Gasteiger partial charge in [-0.25, -0.2) is 9.78 Å². The molecule has 2 aromatic rings. The van der Waals surface area contributed by atoms with Crippen molar-refractivity contribution in [3.05, 3.63) is 58.4 Å². The van der Waals surface area contributed by atoms with Crippen LogP contribution in [0.25, 0.3) is 0 Å². The first-order chi connectivity index (χ1) is 10.6. The smallest absolute Gasteiger partial charge is 0.337 e. The van der Waals surface area contributed by atoms with E-state index >= 15 is 0 Å². The summed E-state index contributed by atoms with van der Waals surface area (Å²) in [6.07, 6.45) is 2.21. The summed E-state index contributed by atoms with van der Waals surface area (Å²) in [5.41, 5.74) is 2.74. The van der Waals surface area contributed by atoms with Gasteiger partial charge in [-0.15, -0.1) is 0 Å². The van der Waals surface area contributed by atoms with E-state index in [0.29, 0.717) is 24.1 Å². The molecule has 1 aliphatic heterocycles. The topological polar surface area (TPSA) is 59.5 Å². The Morgan fingerprint density at radius 2 is 2.05 bits per heavy atom. The first-order valence-corrected chi connectivity index (χ1v) is 7.12. The first kappa shape index (κ1) is 14.5. The molecule has 2 heterocycles. The van der Waals surface area contributed by atoms with E-state index in [1.807, 2.05) is 0 Å². The highest BCUT2D eigenvalue weighted by molar-refractivity contribution is 6.29. The van der Waals surface area contributed by atoms with Crippen LogP contribution < -0.4 is 4.90 Å². The maximum atomic E-state index is 12.6. The van der Waals surface area contributed by atoms with Gasteiger partial charge in [0.2, 0.25) is 0 Å². The van der Waals surface area contributed by atoms with Gasteiger partial charge in [-0.1, -0.05) is 11.6 Å². The number of hydrogen-bond acceptors (Lipinski definition) is 4. The highest BCUT2D eigenvalue weighted by Gasteiger charge is 2.26. The summed E-state index contributed by atoms with van der Waals surface area (Å²) in [6.45, 7) is 0.568. The second kappa shape index (κ2) is 5.77. The van der Waals surface area contributed by atoms with Crippen LogP contribution in [0.15, 0.2) is 36.5 Å². The molecule has 0 atom stereocenters. The summed E-state index contributed by atoms with van der Waals surface area (Å²) in [4.78, 5) is 29.7. The molecule has 22 heavy (non-hydrogen) atoms. The van der Waals surface area contributed by atoms with E-state index in [2.05, 4.69) is 4.98 Å². The van der Waals surface area contributed by atoms with Crippen molar-refractivity contribution in [2.24, 2.45) is 0 Å². The fourth-order valence-electron chi connectivity index (χ4n) is 2.55. The second-order valence-electron chi connectivity index (χ2n) is 4.91. The summed E-state index contributed by atoms with van der Waals surface area (Å²) in [6, 6.07) is 8.39.